The molecule has 18 nitrogen and oxygen atoms in total. The molecule has 0 N–H and O–H groups in total. The van der Waals surface area contributed by atoms with Crippen LogP contribution in [0.3, 0.4) is 0 Å². The average Bonchev–Trinajstić information content (AvgIpc) is 3.88. The molecule has 322 valence electrons. The molecule has 2 aliphatic rings. The van der Waals surface area contributed by atoms with Crippen LogP contribution in [0.25, 0.3) is 0 Å². The van der Waals surface area contributed by atoms with Crippen molar-refractivity contribution in [2.24, 2.45) is 0 Å². The normalized spacial score (nSPS) is 17.3. The molecule has 0 saturated carbocycles. The van der Waals surface area contributed by atoms with Gasteiger partial charge < -0.3 is 56.8 Å². The van der Waals surface area contributed by atoms with Gasteiger partial charge in [-0.3, -0.25) is 0 Å². The van der Waals surface area contributed by atoms with Crippen molar-refractivity contribution in [2.45, 2.75) is 24.4 Å². The minimum absolute atomic E-state index is 0.00481. The second-order valence-electron chi connectivity index (χ2n) is 13.0. The van der Waals surface area contributed by atoms with Crippen molar-refractivity contribution in [1.29, 1.82) is 0 Å². The first kappa shape index (κ1) is 43.9. The molecular formula is C44H38O18. The molecule has 4 aromatic carbocycles. The Hall–Kier alpha value is -7.70. The molecule has 0 spiro atoms. The van der Waals surface area contributed by atoms with Crippen LogP contribution >= 0.6 is 0 Å². The summed E-state index contributed by atoms with van der Waals surface area (Å²) in [5.41, 5.74) is 0.259. The number of esters is 6. The van der Waals surface area contributed by atoms with Gasteiger partial charge in [0.15, 0.2) is 58.2 Å². The molecule has 62 heavy (non-hydrogen) atoms. The molecule has 0 unspecified atom stereocenters. The largest absolute Gasteiger partial charge is 0.493 e. The van der Waals surface area contributed by atoms with E-state index in [1.54, 1.807) is 0 Å². The van der Waals surface area contributed by atoms with Crippen LogP contribution in [0.2, 0.25) is 0 Å². The Kier molecular flexibility index (Phi) is 13.9. The van der Waals surface area contributed by atoms with Crippen LogP contribution in [0.5, 0.6) is 46.0 Å². The van der Waals surface area contributed by atoms with Gasteiger partial charge in [-0.2, -0.15) is 0 Å². The Morgan fingerprint density at radius 1 is 0.452 bits per heavy atom. The van der Waals surface area contributed by atoms with Gasteiger partial charge >= 0.3 is 35.8 Å². The summed E-state index contributed by atoms with van der Waals surface area (Å²) < 4.78 is 65.6. The number of hydrogen-bond acceptors (Lipinski definition) is 18. The van der Waals surface area contributed by atoms with E-state index in [-0.39, 0.29) is 81.5 Å². The van der Waals surface area contributed by atoms with Crippen LogP contribution in [0.1, 0.15) is 41.4 Å². The van der Waals surface area contributed by atoms with Gasteiger partial charge in [-0.25, -0.2) is 28.8 Å². The standard InChI is InChI=1S/C44H38O18/c1-7-37(45)57-27-13-9-23(17-31(27)51-3)41(47)59-29-15-11-25(19-33(29)53-5)43(49)61-35-21-55-40-36(22-56-39(35)40)62-44(50)26-12-16-30(34(20-26)54-6)60-42(48)24-10-14-28(32(18-24)52-4)58-38(46)8-2/h7-20,35-36,39-40H,1-2,21-22H2,3-6H3/t35-,36+,39-,40-/m1/s1. The van der Waals surface area contributed by atoms with Gasteiger partial charge in [-0.15, -0.1) is 0 Å². The quantitative estimate of drug-likeness (QED) is 0.0833. The van der Waals surface area contributed by atoms with Crippen molar-refractivity contribution in [1.82, 2.24) is 0 Å². The topological polar surface area (TPSA) is 213 Å². The third-order valence-electron chi connectivity index (χ3n) is 9.24. The maximum atomic E-state index is 13.3. The number of hydrogen-bond donors (Lipinski definition) is 0. The van der Waals surface area contributed by atoms with Gasteiger partial charge in [-0.1, -0.05) is 13.2 Å². The van der Waals surface area contributed by atoms with E-state index in [1.807, 2.05) is 0 Å². The monoisotopic (exact) mass is 854 g/mol. The highest BCUT2D eigenvalue weighted by Crippen LogP contribution is 2.36. The summed E-state index contributed by atoms with van der Waals surface area (Å²) in [5, 5.41) is 0. The zero-order valence-corrected chi connectivity index (χ0v) is 33.6. The number of carbonyl (C=O) groups excluding carboxylic acids is 6. The number of fused-ring (bicyclic) bond motifs is 1. The lowest BCUT2D eigenvalue weighted by Gasteiger charge is -2.18. The molecule has 2 fully saturated rings. The predicted octanol–water partition coefficient (Wildman–Crippen LogP) is 4.89. The van der Waals surface area contributed by atoms with Crippen molar-refractivity contribution >= 4 is 35.8 Å². The molecule has 4 aromatic rings. The van der Waals surface area contributed by atoms with E-state index in [1.165, 1.54) is 101 Å². The van der Waals surface area contributed by atoms with Crippen molar-refractivity contribution < 1.29 is 85.6 Å². The van der Waals surface area contributed by atoms with E-state index < -0.39 is 60.2 Å². The Labute approximate surface area is 353 Å². The predicted molar refractivity (Wildman–Crippen MR) is 211 cm³/mol. The Morgan fingerprint density at radius 2 is 0.742 bits per heavy atom. The zero-order chi connectivity index (χ0) is 44.5. The molecule has 0 aromatic heterocycles. The molecule has 0 bridgehead atoms. The number of carbonyl (C=O) groups is 6. The van der Waals surface area contributed by atoms with Crippen molar-refractivity contribution in [2.75, 3.05) is 41.7 Å². The molecule has 2 aliphatic heterocycles. The van der Waals surface area contributed by atoms with Crippen LogP contribution in [0.15, 0.2) is 98.1 Å². The Balaban J connectivity index is 1.04. The molecular weight excluding hydrogens is 816 g/mol. The van der Waals surface area contributed by atoms with Crippen LogP contribution in [-0.4, -0.2) is 102 Å². The summed E-state index contributed by atoms with van der Waals surface area (Å²) in [4.78, 5) is 75.8. The lowest BCUT2D eigenvalue weighted by atomic mass is 10.1. The molecule has 0 radical (unpaired) electrons. The minimum Gasteiger partial charge on any atom is -0.493 e. The minimum atomic E-state index is -0.865. The van der Waals surface area contributed by atoms with E-state index in [2.05, 4.69) is 13.2 Å². The molecule has 0 amide bonds. The third kappa shape index (κ3) is 9.83. The summed E-state index contributed by atoms with van der Waals surface area (Å²) in [6.45, 7) is 6.58. The van der Waals surface area contributed by atoms with Crippen LogP contribution in [0.4, 0.5) is 0 Å². The molecule has 2 saturated heterocycles. The number of rotatable bonds is 16. The molecule has 6 rings (SSSR count). The van der Waals surface area contributed by atoms with E-state index in [9.17, 15) is 28.8 Å². The highest BCUT2D eigenvalue weighted by atomic mass is 16.7. The fraction of sp³-hybridized carbons (Fsp3) is 0.227. The summed E-state index contributed by atoms with van der Waals surface area (Å²) >= 11 is 0. The lowest BCUT2D eigenvalue weighted by molar-refractivity contribution is -0.130. The zero-order valence-electron chi connectivity index (χ0n) is 33.6. The van der Waals surface area contributed by atoms with E-state index in [0.29, 0.717) is 0 Å². The SMILES string of the molecule is C=CC(=O)Oc1ccc(C(=O)Oc2ccc(C(=O)O[C@H]3CO[C@H]4[C@@H]3OC[C@H]4OC(=O)c3ccc(OC(=O)c4ccc(OC(=O)C=C)c(OC)c4)c(OC)c3)cc2OC)cc1OC. The summed E-state index contributed by atoms with van der Waals surface area (Å²) in [6, 6.07) is 16.2. The van der Waals surface area contributed by atoms with Gasteiger partial charge in [-0.05, 0) is 72.8 Å². The highest BCUT2D eigenvalue weighted by molar-refractivity contribution is 5.95. The van der Waals surface area contributed by atoms with E-state index >= 15 is 0 Å². The second kappa shape index (κ2) is 19.6. The maximum Gasteiger partial charge on any atom is 0.343 e. The maximum absolute atomic E-state index is 13.3. The smallest absolute Gasteiger partial charge is 0.343 e. The summed E-state index contributed by atoms with van der Waals surface area (Å²) in [6.07, 6.45) is -1.30. The number of benzene rings is 4. The fourth-order valence-corrected chi connectivity index (χ4v) is 6.18. The van der Waals surface area contributed by atoms with Crippen molar-refractivity contribution in [3.8, 4) is 46.0 Å². The Morgan fingerprint density at radius 3 is 1.03 bits per heavy atom. The molecule has 2 heterocycles. The molecule has 4 atom stereocenters. The van der Waals surface area contributed by atoms with Crippen LogP contribution < -0.4 is 37.9 Å². The lowest BCUT2D eigenvalue weighted by Crippen LogP contribution is -2.36. The van der Waals surface area contributed by atoms with E-state index in [4.69, 9.17) is 56.8 Å². The third-order valence-corrected chi connectivity index (χ3v) is 9.24. The van der Waals surface area contributed by atoms with Gasteiger partial charge in [0.1, 0.15) is 12.2 Å². The van der Waals surface area contributed by atoms with E-state index in [0.717, 1.165) is 12.2 Å². The first-order valence-corrected chi connectivity index (χ1v) is 18.4. The first-order chi connectivity index (χ1) is 29.9. The Bertz CT molecular complexity index is 2250. The average molecular weight is 855 g/mol. The van der Waals surface area contributed by atoms with Crippen molar-refractivity contribution in [3.63, 3.8) is 0 Å². The molecule has 0 aliphatic carbocycles. The van der Waals surface area contributed by atoms with Crippen LogP contribution in [-0.2, 0) is 28.5 Å². The van der Waals surface area contributed by atoms with Gasteiger partial charge in [0, 0.05) is 12.2 Å². The first-order valence-electron chi connectivity index (χ1n) is 18.4. The fourth-order valence-electron chi connectivity index (χ4n) is 6.18. The summed E-state index contributed by atoms with van der Waals surface area (Å²) in [5.74, 6) is -4.12. The second-order valence-corrected chi connectivity index (χ2v) is 13.0. The molecule has 18 heteroatoms. The number of ether oxygens (including phenoxy) is 12. The number of methoxy groups -OCH3 is 4. The van der Waals surface area contributed by atoms with Crippen LogP contribution in [0, 0.1) is 0 Å². The van der Waals surface area contributed by atoms with Crippen molar-refractivity contribution in [3.05, 3.63) is 120 Å². The van der Waals surface area contributed by atoms with Gasteiger partial charge in [0.2, 0.25) is 0 Å². The highest BCUT2D eigenvalue weighted by Gasteiger charge is 2.51. The van der Waals surface area contributed by atoms with Gasteiger partial charge in [0.25, 0.3) is 0 Å². The van der Waals surface area contributed by atoms with Gasteiger partial charge in [0.05, 0.1) is 63.9 Å². The summed E-state index contributed by atoms with van der Waals surface area (Å²) in [7, 11) is 5.32.